The quantitative estimate of drug-likeness (QED) is 0.686. The van der Waals surface area contributed by atoms with Gasteiger partial charge in [0, 0.05) is 22.1 Å². The molecule has 0 radical (unpaired) electrons. The molecule has 0 fully saturated rings. The van der Waals surface area contributed by atoms with Gasteiger partial charge in [-0.25, -0.2) is 0 Å². The van der Waals surface area contributed by atoms with Gasteiger partial charge in [-0.2, -0.15) is 0 Å². The van der Waals surface area contributed by atoms with Crippen LogP contribution in [-0.2, 0) is 4.79 Å². The minimum atomic E-state index is -0.605. The van der Waals surface area contributed by atoms with Crippen molar-refractivity contribution in [2.24, 2.45) is 5.41 Å². The maximum Gasteiger partial charge on any atom is 0.198 e. The van der Waals surface area contributed by atoms with Crippen molar-refractivity contribution >= 4 is 17.3 Å². The average Bonchev–Trinajstić information content (AvgIpc) is 2.41. The summed E-state index contributed by atoms with van der Waals surface area (Å²) >= 11 is 0. The molecule has 0 spiro atoms. The molecule has 0 saturated carbocycles. The van der Waals surface area contributed by atoms with Crippen LogP contribution in [0.2, 0.25) is 0 Å². The predicted molar refractivity (Wildman–Crippen MR) is 79.5 cm³/mol. The molecule has 0 unspecified atom stereocenters. The van der Waals surface area contributed by atoms with Crippen LogP contribution in [0.1, 0.15) is 45.7 Å². The molecule has 0 N–H and O–H groups in total. The van der Waals surface area contributed by atoms with E-state index < -0.39 is 5.41 Å². The maximum absolute atomic E-state index is 12.8. The van der Waals surface area contributed by atoms with Gasteiger partial charge in [0.25, 0.3) is 0 Å². The molecule has 2 aliphatic carbocycles. The molecule has 1 aromatic carbocycles. The van der Waals surface area contributed by atoms with Gasteiger partial charge < -0.3 is 0 Å². The van der Waals surface area contributed by atoms with Gasteiger partial charge in [-0.3, -0.25) is 14.4 Å². The van der Waals surface area contributed by atoms with E-state index in [1.807, 2.05) is 27.7 Å². The van der Waals surface area contributed by atoms with Crippen molar-refractivity contribution in [3.05, 3.63) is 57.7 Å². The topological polar surface area (TPSA) is 51.2 Å². The molecule has 0 aliphatic heterocycles. The summed E-state index contributed by atoms with van der Waals surface area (Å²) in [7, 11) is 0. The predicted octanol–water partition coefficient (Wildman–Crippen LogP) is 3.14. The zero-order valence-corrected chi connectivity index (χ0v) is 12.5. The van der Waals surface area contributed by atoms with Gasteiger partial charge in [0.05, 0.1) is 5.57 Å². The molecule has 0 amide bonds. The number of benzene rings is 1. The first-order chi connectivity index (χ1) is 9.74. The molecule has 0 atom stereocenters. The number of allylic oxidation sites excluding steroid dienone is 4. The van der Waals surface area contributed by atoms with Gasteiger partial charge in [0.15, 0.2) is 17.3 Å². The molecular weight excluding hydrogens is 264 g/mol. The summed E-state index contributed by atoms with van der Waals surface area (Å²) in [5, 5.41) is 0. The molecule has 1 aromatic rings. The number of Topliss-reactive ketones (excluding diaryl/α,β-unsaturated/α-hetero) is 2. The zero-order chi connectivity index (χ0) is 15.5. The van der Waals surface area contributed by atoms with Crippen molar-refractivity contribution in [2.45, 2.75) is 27.7 Å². The normalized spacial score (nSPS) is 19.7. The highest BCUT2D eigenvalue weighted by molar-refractivity contribution is 6.39. The average molecular weight is 280 g/mol. The monoisotopic (exact) mass is 280 g/mol. The van der Waals surface area contributed by atoms with Crippen LogP contribution in [-0.4, -0.2) is 17.3 Å². The molecule has 3 heteroatoms. The first kappa shape index (κ1) is 13.7. The first-order valence-corrected chi connectivity index (χ1v) is 6.93. The number of rotatable bonds is 0. The summed E-state index contributed by atoms with van der Waals surface area (Å²) in [5.74, 6) is -0.901. The van der Waals surface area contributed by atoms with Crippen LogP contribution in [0.5, 0.6) is 0 Å². The van der Waals surface area contributed by atoms with Crippen LogP contribution in [0.3, 0.4) is 0 Å². The number of fused-ring (bicyclic) bond motifs is 1. The van der Waals surface area contributed by atoms with E-state index in [0.717, 1.165) is 11.1 Å². The van der Waals surface area contributed by atoms with Crippen molar-refractivity contribution in [2.75, 3.05) is 0 Å². The lowest BCUT2D eigenvalue weighted by atomic mass is 9.68. The molecule has 3 rings (SSSR count). The van der Waals surface area contributed by atoms with Crippen LogP contribution < -0.4 is 0 Å². The second-order valence-electron chi connectivity index (χ2n) is 6.31. The van der Waals surface area contributed by atoms with Crippen molar-refractivity contribution in [1.29, 1.82) is 0 Å². The number of carbonyl (C=O) groups excluding carboxylic acids is 3. The number of aryl methyl sites for hydroxylation is 2. The summed E-state index contributed by atoms with van der Waals surface area (Å²) in [4.78, 5) is 37.6. The molecule has 106 valence electrons. The Morgan fingerprint density at radius 1 is 0.857 bits per heavy atom. The van der Waals surface area contributed by atoms with Crippen molar-refractivity contribution in [1.82, 2.24) is 0 Å². The molecule has 0 aromatic heterocycles. The minimum Gasteiger partial charge on any atom is -0.289 e. The van der Waals surface area contributed by atoms with Gasteiger partial charge >= 0.3 is 0 Å². The number of ketones is 3. The molecule has 0 bridgehead atoms. The van der Waals surface area contributed by atoms with Gasteiger partial charge in [0.2, 0.25) is 0 Å². The number of hydrogen-bond acceptors (Lipinski definition) is 3. The van der Waals surface area contributed by atoms with E-state index in [9.17, 15) is 14.4 Å². The Kier molecular flexibility index (Phi) is 2.67. The largest absolute Gasteiger partial charge is 0.289 e. The summed E-state index contributed by atoms with van der Waals surface area (Å²) in [6, 6.07) is 3.47. The van der Waals surface area contributed by atoms with E-state index >= 15 is 0 Å². The lowest BCUT2D eigenvalue weighted by Crippen LogP contribution is -2.35. The fourth-order valence-electron chi connectivity index (χ4n) is 2.99. The lowest BCUT2D eigenvalue weighted by molar-refractivity contribution is -0.111. The third-order valence-corrected chi connectivity index (χ3v) is 4.37. The van der Waals surface area contributed by atoms with Crippen molar-refractivity contribution in [3.63, 3.8) is 0 Å². The van der Waals surface area contributed by atoms with Crippen LogP contribution in [0, 0.1) is 19.3 Å². The number of carbonyl (C=O) groups is 3. The van der Waals surface area contributed by atoms with Gasteiger partial charge in [-0.05, 0) is 43.2 Å². The molecule has 0 heterocycles. The van der Waals surface area contributed by atoms with Crippen LogP contribution >= 0.6 is 0 Å². The molecule has 0 saturated heterocycles. The SMILES string of the molecule is Cc1cc2c(cc1C)C(=O)C1=C(C(=O)C=CC1(C)C)C2=O. The highest BCUT2D eigenvalue weighted by Crippen LogP contribution is 2.41. The first-order valence-electron chi connectivity index (χ1n) is 6.93. The minimum absolute atomic E-state index is 0.0447. The Hall–Kier alpha value is -2.29. The Morgan fingerprint density at radius 3 is 1.95 bits per heavy atom. The summed E-state index contributed by atoms with van der Waals surface area (Å²) < 4.78 is 0. The molecular formula is C18H16O3. The lowest BCUT2D eigenvalue weighted by Gasteiger charge is -2.32. The molecule has 3 nitrogen and oxygen atoms in total. The van der Waals surface area contributed by atoms with Crippen LogP contribution in [0.4, 0.5) is 0 Å². The zero-order valence-electron chi connectivity index (χ0n) is 12.5. The molecule has 21 heavy (non-hydrogen) atoms. The van der Waals surface area contributed by atoms with E-state index in [-0.39, 0.29) is 22.9 Å². The highest BCUT2D eigenvalue weighted by Gasteiger charge is 2.43. The second kappa shape index (κ2) is 4.10. The van der Waals surface area contributed by atoms with Gasteiger partial charge in [-0.1, -0.05) is 19.9 Å². The van der Waals surface area contributed by atoms with E-state index in [1.54, 1.807) is 18.2 Å². The molecule has 2 aliphatic rings. The van der Waals surface area contributed by atoms with Crippen molar-refractivity contribution < 1.29 is 14.4 Å². The van der Waals surface area contributed by atoms with E-state index in [4.69, 9.17) is 0 Å². The summed E-state index contributed by atoms with van der Waals surface area (Å²) in [5.41, 5.74) is 2.44. The smallest absolute Gasteiger partial charge is 0.198 e. The highest BCUT2D eigenvalue weighted by atomic mass is 16.2. The Morgan fingerprint density at radius 2 is 1.38 bits per heavy atom. The fourth-order valence-corrected chi connectivity index (χ4v) is 2.99. The summed E-state index contributed by atoms with van der Waals surface area (Å²) in [6.07, 6.45) is 3.10. The number of hydrogen-bond donors (Lipinski definition) is 0. The van der Waals surface area contributed by atoms with Crippen molar-refractivity contribution in [3.8, 4) is 0 Å². The summed E-state index contributed by atoms with van der Waals surface area (Å²) in [6.45, 7) is 7.50. The third-order valence-electron chi connectivity index (χ3n) is 4.37. The van der Waals surface area contributed by atoms with Gasteiger partial charge in [-0.15, -0.1) is 0 Å². The van der Waals surface area contributed by atoms with Crippen LogP contribution in [0.15, 0.2) is 35.4 Å². The van der Waals surface area contributed by atoms with E-state index in [2.05, 4.69) is 0 Å². The van der Waals surface area contributed by atoms with Crippen LogP contribution in [0.25, 0.3) is 0 Å². The second-order valence-corrected chi connectivity index (χ2v) is 6.31. The third kappa shape index (κ3) is 1.77. The Labute approximate surface area is 123 Å². The van der Waals surface area contributed by atoms with Gasteiger partial charge in [0.1, 0.15) is 0 Å². The Balaban J connectivity index is 2.34. The Bertz CT molecular complexity index is 789. The standard InChI is InChI=1S/C18H16O3/c1-9-7-11-12(8-10(9)2)17(21)15-14(16(11)20)13(19)5-6-18(15,3)4/h5-8H,1-4H3. The van der Waals surface area contributed by atoms with E-state index in [0.29, 0.717) is 16.7 Å². The van der Waals surface area contributed by atoms with E-state index in [1.165, 1.54) is 6.08 Å². The fraction of sp³-hybridized carbons (Fsp3) is 0.278. The maximum atomic E-state index is 12.8.